The van der Waals surface area contributed by atoms with E-state index in [0.717, 1.165) is 36.6 Å². The minimum Gasteiger partial charge on any atom is -0.460 e. The first-order chi connectivity index (χ1) is 7.84. The second-order valence-corrected chi connectivity index (χ2v) is 4.17. The highest BCUT2D eigenvalue weighted by Crippen LogP contribution is 2.21. The van der Waals surface area contributed by atoms with E-state index in [1.807, 2.05) is 29.8 Å². The Bertz CT molecular complexity index is 500. The fourth-order valence-electron chi connectivity index (χ4n) is 2.11. The summed E-state index contributed by atoms with van der Waals surface area (Å²) in [6.07, 6.45) is 1.32. The average Bonchev–Trinajstić information content (AvgIpc) is 2.90. The lowest BCUT2D eigenvalue weighted by Crippen LogP contribution is -2.21. The van der Waals surface area contributed by atoms with Gasteiger partial charge in [0, 0.05) is 13.6 Å². The number of aryl methyl sites for hydroxylation is 1. The summed E-state index contributed by atoms with van der Waals surface area (Å²) in [6.45, 7) is 1.96. The van der Waals surface area contributed by atoms with Crippen LogP contribution in [0.4, 0.5) is 0 Å². The molecule has 1 atom stereocenters. The number of para-hydroxylation sites is 2. The molecule has 1 fully saturated rings. The van der Waals surface area contributed by atoms with Gasteiger partial charge in [0.25, 0.3) is 6.01 Å². The van der Waals surface area contributed by atoms with E-state index in [1.165, 1.54) is 0 Å². The lowest BCUT2D eigenvalue weighted by molar-refractivity contribution is 0.199. The summed E-state index contributed by atoms with van der Waals surface area (Å²) >= 11 is 0. The zero-order valence-corrected chi connectivity index (χ0v) is 9.31. The molecule has 2 heterocycles. The van der Waals surface area contributed by atoms with Crippen molar-refractivity contribution in [1.29, 1.82) is 0 Å². The van der Waals surface area contributed by atoms with Gasteiger partial charge < -0.3 is 10.1 Å². The van der Waals surface area contributed by atoms with Crippen molar-refractivity contribution in [2.45, 2.75) is 12.5 Å². The molecular formula is C12H15N3O. The Hall–Kier alpha value is -1.55. The summed E-state index contributed by atoms with van der Waals surface area (Å²) in [5.41, 5.74) is 2.11. The Morgan fingerprint density at radius 1 is 1.44 bits per heavy atom. The fraction of sp³-hybridized carbons (Fsp3) is 0.417. The van der Waals surface area contributed by atoms with Gasteiger partial charge in [0.15, 0.2) is 0 Å². The summed E-state index contributed by atoms with van der Waals surface area (Å²) in [4.78, 5) is 4.49. The van der Waals surface area contributed by atoms with Crippen LogP contribution in [-0.4, -0.2) is 28.7 Å². The molecule has 0 spiro atoms. The third-order valence-electron chi connectivity index (χ3n) is 3.03. The van der Waals surface area contributed by atoms with E-state index in [0.29, 0.717) is 0 Å². The highest BCUT2D eigenvalue weighted by molar-refractivity contribution is 5.76. The first kappa shape index (κ1) is 9.66. The van der Waals surface area contributed by atoms with E-state index < -0.39 is 0 Å². The van der Waals surface area contributed by atoms with Crippen LogP contribution in [-0.2, 0) is 7.05 Å². The molecule has 1 aromatic heterocycles. The monoisotopic (exact) mass is 217 g/mol. The van der Waals surface area contributed by atoms with Crippen LogP contribution in [0.25, 0.3) is 11.0 Å². The standard InChI is InChI=1S/C12H15N3O/c1-15-11-5-3-2-4-10(11)14-12(15)16-9-6-7-13-8-9/h2-5,9,13H,6-8H2,1H3/t9-/m0/s1. The Labute approximate surface area is 94.2 Å². The lowest BCUT2D eigenvalue weighted by Gasteiger charge is -2.10. The highest BCUT2D eigenvalue weighted by atomic mass is 16.5. The van der Waals surface area contributed by atoms with Crippen LogP contribution in [0, 0.1) is 0 Å². The maximum atomic E-state index is 5.88. The van der Waals surface area contributed by atoms with Gasteiger partial charge in [-0.25, -0.2) is 0 Å². The molecule has 1 aromatic carbocycles. The molecule has 0 saturated carbocycles. The van der Waals surface area contributed by atoms with E-state index in [4.69, 9.17) is 4.74 Å². The maximum absolute atomic E-state index is 5.88. The molecule has 0 radical (unpaired) electrons. The van der Waals surface area contributed by atoms with Crippen LogP contribution in [0.5, 0.6) is 6.01 Å². The SMILES string of the molecule is Cn1c(O[C@H]2CCNC2)nc2ccccc21. The molecule has 1 saturated heterocycles. The minimum absolute atomic E-state index is 0.260. The zero-order valence-electron chi connectivity index (χ0n) is 9.31. The number of hydrogen-bond donors (Lipinski definition) is 1. The van der Waals surface area contributed by atoms with Crippen LogP contribution in [0.2, 0.25) is 0 Å². The number of benzene rings is 1. The topological polar surface area (TPSA) is 39.1 Å². The molecule has 4 nitrogen and oxygen atoms in total. The van der Waals surface area contributed by atoms with Gasteiger partial charge in [0.1, 0.15) is 6.10 Å². The number of nitrogens with zero attached hydrogens (tertiary/aromatic N) is 2. The van der Waals surface area contributed by atoms with E-state index in [-0.39, 0.29) is 6.10 Å². The number of imidazole rings is 1. The number of hydrogen-bond acceptors (Lipinski definition) is 3. The van der Waals surface area contributed by atoms with Gasteiger partial charge in [-0.3, -0.25) is 4.57 Å². The highest BCUT2D eigenvalue weighted by Gasteiger charge is 2.18. The maximum Gasteiger partial charge on any atom is 0.297 e. The number of ether oxygens (including phenoxy) is 1. The van der Waals surface area contributed by atoms with Gasteiger partial charge in [-0.2, -0.15) is 4.98 Å². The summed E-state index contributed by atoms with van der Waals surface area (Å²) < 4.78 is 7.89. The molecule has 16 heavy (non-hydrogen) atoms. The van der Waals surface area contributed by atoms with E-state index in [1.54, 1.807) is 0 Å². The number of rotatable bonds is 2. The predicted octanol–water partition coefficient (Wildman–Crippen LogP) is 1.31. The van der Waals surface area contributed by atoms with Crippen LogP contribution in [0.3, 0.4) is 0 Å². The largest absolute Gasteiger partial charge is 0.460 e. The Morgan fingerprint density at radius 3 is 3.06 bits per heavy atom. The molecule has 1 N–H and O–H groups in total. The van der Waals surface area contributed by atoms with Gasteiger partial charge in [0.05, 0.1) is 11.0 Å². The van der Waals surface area contributed by atoms with Gasteiger partial charge >= 0.3 is 0 Å². The summed E-state index contributed by atoms with van der Waals surface area (Å²) in [6, 6.07) is 8.80. The zero-order chi connectivity index (χ0) is 11.0. The number of fused-ring (bicyclic) bond motifs is 1. The Balaban J connectivity index is 1.94. The molecule has 0 unspecified atom stereocenters. The van der Waals surface area contributed by atoms with Crippen molar-refractivity contribution >= 4 is 11.0 Å². The van der Waals surface area contributed by atoms with Crippen molar-refractivity contribution in [3.63, 3.8) is 0 Å². The van der Waals surface area contributed by atoms with Crippen LogP contribution in [0.15, 0.2) is 24.3 Å². The molecule has 2 aromatic rings. The van der Waals surface area contributed by atoms with Gasteiger partial charge in [-0.15, -0.1) is 0 Å². The van der Waals surface area contributed by atoms with Crippen molar-refractivity contribution in [2.24, 2.45) is 7.05 Å². The van der Waals surface area contributed by atoms with Gasteiger partial charge in [-0.1, -0.05) is 12.1 Å². The second kappa shape index (κ2) is 3.79. The first-order valence-corrected chi connectivity index (χ1v) is 5.63. The molecule has 0 aliphatic carbocycles. The third kappa shape index (κ3) is 1.55. The summed E-state index contributed by atoms with van der Waals surface area (Å²) in [5.74, 6) is 0. The predicted molar refractivity (Wildman–Crippen MR) is 62.6 cm³/mol. The summed E-state index contributed by atoms with van der Waals surface area (Å²) in [5, 5.41) is 3.28. The van der Waals surface area contributed by atoms with Gasteiger partial charge in [-0.05, 0) is 25.1 Å². The lowest BCUT2D eigenvalue weighted by atomic mass is 10.3. The number of aromatic nitrogens is 2. The minimum atomic E-state index is 0.260. The van der Waals surface area contributed by atoms with Crippen molar-refractivity contribution in [2.75, 3.05) is 13.1 Å². The molecule has 1 aliphatic rings. The third-order valence-corrected chi connectivity index (χ3v) is 3.03. The Morgan fingerprint density at radius 2 is 2.31 bits per heavy atom. The molecular weight excluding hydrogens is 202 g/mol. The van der Waals surface area contributed by atoms with Crippen molar-refractivity contribution in [3.05, 3.63) is 24.3 Å². The van der Waals surface area contributed by atoms with E-state index in [2.05, 4.69) is 16.4 Å². The Kier molecular flexibility index (Phi) is 2.29. The van der Waals surface area contributed by atoms with Crippen LogP contribution < -0.4 is 10.1 Å². The molecule has 0 amide bonds. The van der Waals surface area contributed by atoms with Crippen molar-refractivity contribution in [3.8, 4) is 6.01 Å². The molecule has 4 heteroatoms. The van der Waals surface area contributed by atoms with Crippen molar-refractivity contribution in [1.82, 2.24) is 14.9 Å². The molecule has 84 valence electrons. The molecule has 1 aliphatic heterocycles. The normalized spacial score (nSPS) is 20.4. The quantitative estimate of drug-likeness (QED) is 0.824. The van der Waals surface area contributed by atoms with Crippen molar-refractivity contribution < 1.29 is 4.74 Å². The summed E-state index contributed by atoms with van der Waals surface area (Å²) in [7, 11) is 1.99. The average molecular weight is 217 g/mol. The van der Waals surface area contributed by atoms with Crippen LogP contribution >= 0.6 is 0 Å². The molecule has 3 rings (SSSR count). The van der Waals surface area contributed by atoms with Gasteiger partial charge in [0.2, 0.25) is 0 Å². The number of nitrogens with one attached hydrogen (secondary N) is 1. The van der Waals surface area contributed by atoms with E-state index >= 15 is 0 Å². The smallest absolute Gasteiger partial charge is 0.297 e. The van der Waals surface area contributed by atoms with Crippen LogP contribution in [0.1, 0.15) is 6.42 Å². The molecule has 0 bridgehead atoms. The first-order valence-electron chi connectivity index (χ1n) is 5.63. The fourth-order valence-corrected chi connectivity index (χ4v) is 2.11. The van der Waals surface area contributed by atoms with E-state index in [9.17, 15) is 0 Å². The second-order valence-electron chi connectivity index (χ2n) is 4.17.